The van der Waals surface area contributed by atoms with E-state index in [1.54, 1.807) is 35.2 Å². The molecule has 6 heteroatoms. The molecule has 0 spiro atoms. The van der Waals surface area contributed by atoms with Gasteiger partial charge in [-0.2, -0.15) is 0 Å². The molecule has 1 aliphatic rings. The molecular weight excluding hydrogens is 388 g/mol. The number of fused-ring (bicyclic) bond motifs is 1. The molecule has 1 heterocycles. The number of carbonyl (C=O) groups is 2. The minimum Gasteiger partial charge on any atom is -0.492 e. The van der Waals surface area contributed by atoms with Crippen molar-refractivity contribution in [1.29, 1.82) is 0 Å². The Morgan fingerprint density at radius 1 is 1.10 bits per heavy atom. The number of ether oxygens (including phenoxy) is 1. The number of benzene rings is 3. The maximum atomic E-state index is 12.6. The van der Waals surface area contributed by atoms with Crippen LogP contribution >= 0.6 is 11.6 Å². The first-order valence-electron chi connectivity index (χ1n) is 9.30. The lowest BCUT2D eigenvalue weighted by Crippen LogP contribution is -2.22. The highest BCUT2D eigenvalue weighted by atomic mass is 35.5. The first kappa shape index (κ1) is 19.0. The van der Waals surface area contributed by atoms with Gasteiger partial charge in [0.1, 0.15) is 5.75 Å². The van der Waals surface area contributed by atoms with E-state index in [0.717, 1.165) is 16.8 Å². The van der Waals surface area contributed by atoms with Gasteiger partial charge in [-0.1, -0.05) is 29.8 Å². The van der Waals surface area contributed by atoms with Gasteiger partial charge in [0.05, 0.1) is 18.2 Å². The topological polar surface area (TPSA) is 58.6 Å². The molecule has 0 saturated carbocycles. The van der Waals surface area contributed by atoms with Gasteiger partial charge in [-0.25, -0.2) is 0 Å². The normalized spacial score (nSPS) is 12.6. The Bertz CT molecular complexity index is 1080. The molecule has 1 aliphatic heterocycles. The van der Waals surface area contributed by atoms with Gasteiger partial charge in [0.15, 0.2) is 0 Å². The summed E-state index contributed by atoms with van der Waals surface area (Å²) in [6.07, 6.45) is 0. The Morgan fingerprint density at radius 2 is 1.86 bits per heavy atom. The van der Waals surface area contributed by atoms with E-state index in [1.165, 1.54) is 0 Å². The van der Waals surface area contributed by atoms with E-state index in [4.69, 9.17) is 16.3 Å². The van der Waals surface area contributed by atoms with Crippen molar-refractivity contribution in [3.63, 3.8) is 0 Å². The number of hydrogen-bond donors (Lipinski definition) is 1. The Morgan fingerprint density at radius 3 is 2.55 bits per heavy atom. The van der Waals surface area contributed by atoms with Crippen LogP contribution in [0.4, 0.5) is 11.4 Å². The Balaban J connectivity index is 1.46. The molecule has 0 unspecified atom stereocenters. The number of rotatable bonds is 5. The Kier molecular flexibility index (Phi) is 5.23. The second kappa shape index (κ2) is 7.97. The van der Waals surface area contributed by atoms with Crippen LogP contribution in [-0.2, 0) is 6.54 Å². The van der Waals surface area contributed by atoms with Crippen LogP contribution in [0.2, 0.25) is 5.02 Å². The molecule has 2 amide bonds. The number of hydrogen-bond acceptors (Lipinski definition) is 3. The zero-order chi connectivity index (χ0) is 20.4. The zero-order valence-electron chi connectivity index (χ0n) is 15.8. The zero-order valence-corrected chi connectivity index (χ0v) is 16.6. The van der Waals surface area contributed by atoms with Crippen LogP contribution < -0.4 is 15.0 Å². The third-order valence-corrected chi connectivity index (χ3v) is 5.05. The molecule has 146 valence electrons. The Hall–Kier alpha value is -3.31. The van der Waals surface area contributed by atoms with Crippen LogP contribution in [0.25, 0.3) is 0 Å². The van der Waals surface area contributed by atoms with Crippen molar-refractivity contribution in [1.82, 2.24) is 0 Å². The molecule has 0 aliphatic carbocycles. The predicted molar refractivity (Wildman–Crippen MR) is 114 cm³/mol. The minimum absolute atomic E-state index is 0.0126. The second-order valence-corrected chi connectivity index (χ2v) is 7.03. The Labute approximate surface area is 173 Å². The molecule has 0 bridgehead atoms. The maximum absolute atomic E-state index is 12.6. The number of amides is 2. The van der Waals surface area contributed by atoms with Crippen LogP contribution in [-0.4, -0.2) is 18.4 Å². The molecular formula is C23H19ClN2O3. The predicted octanol–water partition coefficient (Wildman–Crippen LogP) is 5.15. The van der Waals surface area contributed by atoms with Crippen LogP contribution in [0, 0.1) is 0 Å². The average molecular weight is 407 g/mol. The summed E-state index contributed by atoms with van der Waals surface area (Å²) < 4.78 is 5.39. The van der Waals surface area contributed by atoms with Crippen molar-refractivity contribution in [2.75, 3.05) is 16.8 Å². The molecule has 0 saturated heterocycles. The number of anilines is 2. The number of nitrogens with zero attached hydrogens (tertiary/aromatic N) is 1. The van der Waals surface area contributed by atoms with E-state index >= 15 is 0 Å². The van der Waals surface area contributed by atoms with Crippen molar-refractivity contribution < 1.29 is 14.3 Å². The lowest BCUT2D eigenvalue weighted by Gasteiger charge is -2.16. The van der Waals surface area contributed by atoms with E-state index in [1.807, 2.05) is 43.3 Å². The van der Waals surface area contributed by atoms with Gasteiger partial charge in [-0.3, -0.25) is 9.59 Å². The fraction of sp³-hybridized carbons (Fsp3) is 0.130. The van der Waals surface area contributed by atoms with Crippen molar-refractivity contribution >= 4 is 34.8 Å². The van der Waals surface area contributed by atoms with E-state index in [-0.39, 0.29) is 11.8 Å². The summed E-state index contributed by atoms with van der Waals surface area (Å²) >= 11 is 6.16. The highest BCUT2D eigenvalue weighted by Crippen LogP contribution is 2.29. The standard InChI is InChI=1S/C23H19ClN2O3/c1-2-29-21-12-7-15(13-20(21)24)22(27)25-17-8-10-18(11-9-17)26-14-16-5-3-4-6-19(16)23(26)28/h3-13H,2,14H2,1H3,(H,25,27). The van der Waals surface area contributed by atoms with Crippen LogP contribution in [0.5, 0.6) is 5.75 Å². The van der Waals surface area contributed by atoms with E-state index in [0.29, 0.717) is 35.2 Å². The van der Waals surface area contributed by atoms with Gasteiger partial charge in [0.25, 0.3) is 11.8 Å². The maximum Gasteiger partial charge on any atom is 0.258 e. The number of carbonyl (C=O) groups excluding carboxylic acids is 2. The summed E-state index contributed by atoms with van der Waals surface area (Å²) in [6, 6.07) is 19.7. The van der Waals surface area contributed by atoms with Gasteiger partial charge < -0.3 is 15.0 Å². The van der Waals surface area contributed by atoms with E-state index < -0.39 is 0 Å². The van der Waals surface area contributed by atoms with E-state index in [9.17, 15) is 9.59 Å². The van der Waals surface area contributed by atoms with Gasteiger partial charge in [-0.05, 0) is 61.0 Å². The first-order chi connectivity index (χ1) is 14.1. The summed E-state index contributed by atoms with van der Waals surface area (Å²) in [5.74, 6) is 0.264. The summed E-state index contributed by atoms with van der Waals surface area (Å²) in [7, 11) is 0. The minimum atomic E-state index is -0.271. The second-order valence-electron chi connectivity index (χ2n) is 6.63. The first-order valence-corrected chi connectivity index (χ1v) is 9.68. The van der Waals surface area contributed by atoms with Gasteiger partial charge in [0, 0.05) is 22.5 Å². The molecule has 4 rings (SSSR count). The van der Waals surface area contributed by atoms with Crippen molar-refractivity contribution in [3.8, 4) is 5.75 Å². The molecule has 0 aromatic heterocycles. The van der Waals surface area contributed by atoms with Crippen molar-refractivity contribution in [2.45, 2.75) is 13.5 Å². The van der Waals surface area contributed by atoms with Crippen LogP contribution in [0.1, 0.15) is 33.2 Å². The highest BCUT2D eigenvalue weighted by molar-refractivity contribution is 6.32. The largest absolute Gasteiger partial charge is 0.492 e. The molecule has 5 nitrogen and oxygen atoms in total. The molecule has 0 radical (unpaired) electrons. The molecule has 3 aromatic rings. The fourth-order valence-electron chi connectivity index (χ4n) is 3.31. The summed E-state index contributed by atoms with van der Waals surface area (Å²) in [5.41, 5.74) is 3.61. The summed E-state index contributed by atoms with van der Waals surface area (Å²) in [5, 5.41) is 3.23. The molecule has 29 heavy (non-hydrogen) atoms. The third kappa shape index (κ3) is 3.82. The molecule has 0 atom stereocenters. The quantitative estimate of drug-likeness (QED) is 0.637. The van der Waals surface area contributed by atoms with Gasteiger partial charge >= 0.3 is 0 Å². The molecule has 1 N–H and O–H groups in total. The fourth-order valence-corrected chi connectivity index (χ4v) is 3.54. The lowest BCUT2D eigenvalue weighted by atomic mass is 10.1. The average Bonchev–Trinajstić information content (AvgIpc) is 3.07. The monoisotopic (exact) mass is 406 g/mol. The van der Waals surface area contributed by atoms with E-state index in [2.05, 4.69) is 5.32 Å². The number of nitrogens with one attached hydrogen (secondary N) is 1. The van der Waals surface area contributed by atoms with Crippen LogP contribution in [0.3, 0.4) is 0 Å². The van der Waals surface area contributed by atoms with Crippen LogP contribution in [0.15, 0.2) is 66.7 Å². The number of halogens is 1. The molecule has 0 fully saturated rings. The van der Waals surface area contributed by atoms with Crippen molar-refractivity contribution in [3.05, 3.63) is 88.4 Å². The smallest absolute Gasteiger partial charge is 0.258 e. The SMILES string of the molecule is CCOc1ccc(C(=O)Nc2ccc(N3Cc4ccccc4C3=O)cc2)cc1Cl. The highest BCUT2D eigenvalue weighted by Gasteiger charge is 2.27. The summed E-state index contributed by atoms with van der Waals surface area (Å²) in [6.45, 7) is 2.92. The van der Waals surface area contributed by atoms with Gasteiger partial charge in [0.2, 0.25) is 0 Å². The molecule has 3 aromatic carbocycles. The lowest BCUT2D eigenvalue weighted by molar-refractivity contribution is 0.0994. The third-order valence-electron chi connectivity index (χ3n) is 4.75. The van der Waals surface area contributed by atoms with Crippen molar-refractivity contribution in [2.24, 2.45) is 0 Å². The van der Waals surface area contributed by atoms with Gasteiger partial charge in [-0.15, -0.1) is 0 Å². The summed E-state index contributed by atoms with van der Waals surface area (Å²) in [4.78, 5) is 26.8.